The van der Waals surface area contributed by atoms with E-state index in [-0.39, 0.29) is 5.91 Å². The summed E-state index contributed by atoms with van der Waals surface area (Å²) < 4.78 is 0. The summed E-state index contributed by atoms with van der Waals surface area (Å²) in [7, 11) is 0. The zero-order valence-electron chi connectivity index (χ0n) is 23.2. The van der Waals surface area contributed by atoms with Crippen molar-refractivity contribution in [2.24, 2.45) is 0 Å². The van der Waals surface area contributed by atoms with Gasteiger partial charge in [-0.3, -0.25) is 4.79 Å². The molecule has 0 aliphatic carbocycles. The van der Waals surface area contributed by atoms with Crippen molar-refractivity contribution in [2.45, 2.75) is 19.4 Å². The van der Waals surface area contributed by atoms with Crippen molar-refractivity contribution in [3.8, 4) is 0 Å². The van der Waals surface area contributed by atoms with E-state index in [2.05, 4.69) is 10.2 Å². The number of unbranched alkanes of at least 4 members (excludes halogenated alkanes) is 1. The molecule has 3 aromatic rings. The molecule has 0 atom stereocenters. The maximum atomic E-state index is 13.8. The topological polar surface area (TPSA) is 147 Å². The smallest absolute Gasteiger partial charge is 0.328 e. The lowest BCUT2D eigenvalue weighted by Crippen LogP contribution is -2.29. The first kappa shape index (κ1) is 32.6. The molecule has 3 aromatic carbocycles. The molecule has 0 saturated heterocycles. The Labute approximate surface area is 254 Å². The van der Waals surface area contributed by atoms with Crippen LogP contribution in [0.15, 0.2) is 97.1 Å². The summed E-state index contributed by atoms with van der Waals surface area (Å²) in [5.74, 6) is -3.50. The zero-order valence-corrected chi connectivity index (χ0v) is 24.0. The van der Waals surface area contributed by atoms with Crippen LogP contribution in [0.2, 0.25) is 5.02 Å². The Morgan fingerprint density at radius 1 is 0.744 bits per heavy atom. The Kier molecular flexibility index (Phi) is 12.5. The van der Waals surface area contributed by atoms with Crippen LogP contribution >= 0.6 is 11.6 Å². The van der Waals surface area contributed by atoms with E-state index in [1.165, 1.54) is 0 Å². The van der Waals surface area contributed by atoms with Crippen LogP contribution in [0.5, 0.6) is 0 Å². The molecule has 1 aliphatic heterocycles. The average molecular weight is 606 g/mol. The third-order valence-electron chi connectivity index (χ3n) is 6.25. The molecular weight excluding hydrogens is 574 g/mol. The molecule has 224 valence electrons. The van der Waals surface area contributed by atoms with Gasteiger partial charge in [-0.2, -0.15) is 0 Å². The van der Waals surface area contributed by atoms with E-state index in [4.69, 9.17) is 26.9 Å². The molecule has 4 N–H and O–H groups in total. The van der Waals surface area contributed by atoms with E-state index in [1.807, 2.05) is 77.7 Å². The Hall–Kier alpha value is -4.93. The number of fused-ring (bicyclic) bond motifs is 2. The standard InChI is InChI=1S/C28H28ClN3O3.C4H4O4/c29-22-14-15-25-26(19-22)31(18-7-6-16-30-17-8-13-27(33)34)24-12-5-4-11-23(24)28(35)32(25)20-21-9-2-1-3-10-21;5-3(6)1-2-4(7)8/h1-5,8-15,19,30H,6-7,16-18,20H2,(H,33,34);1-2H,(H,5,6)(H,7,8)/b13-8+;2-1-. The second kappa shape index (κ2) is 16.5. The van der Waals surface area contributed by atoms with Gasteiger partial charge in [-0.25, -0.2) is 14.4 Å². The fraction of sp³-hybridized carbons (Fsp3) is 0.188. The number of carbonyl (C=O) groups excluding carboxylic acids is 1. The summed E-state index contributed by atoms with van der Waals surface area (Å²) in [5, 5.41) is 28.1. The third-order valence-corrected chi connectivity index (χ3v) is 6.48. The first-order valence-corrected chi connectivity index (χ1v) is 13.8. The zero-order chi connectivity index (χ0) is 31.2. The fourth-order valence-electron chi connectivity index (χ4n) is 4.39. The van der Waals surface area contributed by atoms with E-state index in [9.17, 15) is 19.2 Å². The number of carbonyl (C=O) groups is 4. The Balaban J connectivity index is 0.000000557. The van der Waals surface area contributed by atoms with Crippen LogP contribution in [0.3, 0.4) is 0 Å². The van der Waals surface area contributed by atoms with Crippen molar-refractivity contribution < 1.29 is 34.5 Å². The minimum atomic E-state index is -1.26. The molecule has 0 radical (unpaired) electrons. The molecule has 11 heteroatoms. The number of hydrogen-bond donors (Lipinski definition) is 4. The van der Waals surface area contributed by atoms with Gasteiger partial charge >= 0.3 is 17.9 Å². The lowest BCUT2D eigenvalue weighted by molar-refractivity contribution is -0.134. The summed E-state index contributed by atoms with van der Waals surface area (Å²) >= 11 is 6.43. The lowest BCUT2D eigenvalue weighted by atomic mass is 10.1. The highest BCUT2D eigenvalue weighted by molar-refractivity contribution is 6.31. The third kappa shape index (κ3) is 10.1. The Bertz CT molecular complexity index is 1480. The molecule has 0 fully saturated rings. The monoisotopic (exact) mass is 605 g/mol. The number of anilines is 3. The fourth-order valence-corrected chi connectivity index (χ4v) is 4.55. The molecule has 0 spiro atoms. The minimum absolute atomic E-state index is 0.0394. The number of para-hydroxylation sites is 1. The Morgan fingerprint density at radius 3 is 2.07 bits per heavy atom. The molecule has 0 unspecified atom stereocenters. The van der Waals surface area contributed by atoms with Crippen LogP contribution in [0, 0.1) is 0 Å². The van der Waals surface area contributed by atoms with E-state index in [1.54, 1.807) is 6.08 Å². The first-order valence-electron chi connectivity index (χ1n) is 13.4. The van der Waals surface area contributed by atoms with E-state index >= 15 is 0 Å². The maximum absolute atomic E-state index is 13.8. The number of nitrogens with zero attached hydrogens (tertiary/aromatic N) is 2. The van der Waals surface area contributed by atoms with Gasteiger partial charge < -0.3 is 30.4 Å². The van der Waals surface area contributed by atoms with Gasteiger partial charge in [0.15, 0.2) is 0 Å². The Morgan fingerprint density at radius 2 is 1.40 bits per heavy atom. The highest BCUT2D eigenvalue weighted by Crippen LogP contribution is 2.42. The number of amides is 1. The van der Waals surface area contributed by atoms with Gasteiger partial charge in [-0.15, -0.1) is 0 Å². The summed E-state index contributed by atoms with van der Waals surface area (Å²) in [6.07, 6.45) is 5.63. The van der Waals surface area contributed by atoms with Crippen LogP contribution < -0.4 is 15.1 Å². The van der Waals surface area contributed by atoms with Crippen LogP contribution in [0.4, 0.5) is 17.1 Å². The number of aliphatic carboxylic acids is 3. The second-order valence-corrected chi connectivity index (χ2v) is 9.78. The number of rotatable bonds is 12. The van der Waals surface area contributed by atoms with E-state index in [0.29, 0.717) is 42.4 Å². The minimum Gasteiger partial charge on any atom is -0.478 e. The lowest BCUT2D eigenvalue weighted by Gasteiger charge is -2.28. The van der Waals surface area contributed by atoms with E-state index < -0.39 is 17.9 Å². The number of halogens is 1. The molecule has 1 heterocycles. The number of nitrogens with one attached hydrogen (secondary N) is 1. The predicted molar refractivity (Wildman–Crippen MR) is 165 cm³/mol. The van der Waals surface area contributed by atoms with Gasteiger partial charge in [0.2, 0.25) is 0 Å². The SMILES string of the molecule is O=C(O)/C=C/CNCCCCN1c2ccccc2C(=O)N(Cc2ccccc2)c2ccc(Cl)cc21.O=C(O)/C=C\C(=O)O. The van der Waals surface area contributed by atoms with Crippen molar-refractivity contribution in [1.82, 2.24) is 5.32 Å². The largest absolute Gasteiger partial charge is 0.478 e. The number of hydrogen-bond acceptors (Lipinski definition) is 6. The average Bonchev–Trinajstić information content (AvgIpc) is 3.07. The molecule has 10 nitrogen and oxygen atoms in total. The van der Waals surface area contributed by atoms with Crippen LogP contribution in [0.25, 0.3) is 0 Å². The van der Waals surface area contributed by atoms with Crippen molar-refractivity contribution in [1.29, 1.82) is 0 Å². The second-order valence-electron chi connectivity index (χ2n) is 9.34. The van der Waals surface area contributed by atoms with Crippen LogP contribution in [-0.4, -0.2) is 58.8 Å². The molecule has 0 aromatic heterocycles. The highest BCUT2D eigenvalue weighted by atomic mass is 35.5. The number of carboxylic acid groups (broad SMARTS) is 3. The molecule has 4 rings (SSSR count). The molecule has 1 aliphatic rings. The van der Waals surface area contributed by atoms with Gasteiger partial charge in [0.1, 0.15) is 0 Å². The molecule has 1 amide bonds. The van der Waals surface area contributed by atoms with Gasteiger partial charge in [0.25, 0.3) is 5.91 Å². The van der Waals surface area contributed by atoms with Gasteiger partial charge in [-0.05, 0) is 55.3 Å². The van der Waals surface area contributed by atoms with Gasteiger partial charge in [0, 0.05) is 36.3 Å². The molecule has 0 saturated carbocycles. The molecule has 0 bridgehead atoms. The number of benzene rings is 3. The van der Waals surface area contributed by atoms with Crippen molar-refractivity contribution in [3.63, 3.8) is 0 Å². The summed E-state index contributed by atoms with van der Waals surface area (Å²) in [6.45, 7) is 2.45. The summed E-state index contributed by atoms with van der Waals surface area (Å²) in [6, 6.07) is 23.4. The van der Waals surface area contributed by atoms with Crippen LogP contribution in [-0.2, 0) is 20.9 Å². The van der Waals surface area contributed by atoms with Gasteiger partial charge in [-0.1, -0.05) is 60.1 Å². The highest BCUT2D eigenvalue weighted by Gasteiger charge is 2.30. The maximum Gasteiger partial charge on any atom is 0.328 e. The first-order chi connectivity index (χ1) is 20.7. The van der Waals surface area contributed by atoms with Crippen molar-refractivity contribution in [3.05, 3.63) is 113 Å². The van der Waals surface area contributed by atoms with Crippen LogP contribution in [0.1, 0.15) is 28.8 Å². The molecular formula is C32H32ClN3O7. The predicted octanol–water partition coefficient (Wildman–Crippen LogP) is 5.36. The van der Waals surface area contributed by atoms with Gasteiger partial charge in [0.05, 0.1) is 29.2 Å². The molecule has 43 heavy (non-hydrogen) atoms. The van der Waals surface area contributed by atoms with E-state index in [0.717, 1.165) is 48.1 Å². The summed E-state index contributed by atoms with van der Waals surface area (Å²) in [5.41, 5.74) is 4.32. The van der Waals surface area contributed by atoms with Crippen molar-refractivity contribution in [2.75, 3.05) is 29.4 Å². The quantitative estimate of drug-likeness (QED) is 0.158. The summed E-state index contributed by atoms with van der Waals surface area (Å²) in [4.78, 5) is 47.4. The normalized spacial score (nSPS) is 12.3. The number of carboxylic acids is 3. The van der Waals surface area contributed by atoms with Crippen molar-refractivity contribution >= 4 is 52.5 Å².